The van der Waals surface area contributed by atoms with Gasteiger partial charge in [0.25, 0.3) is 0 Å². The number of aliphatic imine (C=N–C) groups is 1. The highest BCUT2D eigenvalue weighted by Crippen LogP contribution is 2.42. The molecule has 0 aromatic heterocycles. The van der Waals surface area contributed by atoms with Crippen LogP contribution in [0.2, 0.25) is 0 Å². The van der Waals surface area contributed by atoms with Crippen molar-refractivity contribution in [1.29, 1.82) is 0 Å². The summed E-state index contributed by atoms with van der Waals surface area (Å²) in [5.41, 5.74) is 1.68. The number of carbonyl (C=O) groups excluding carboxylic acids is 2. The maximum absolute atomic E-state index is 11.6. The van der Waals surface area contributed by atoms with Crippen LogP contribution in [0.15, 0.2) is 29.3 Å². The lowest BCUT2D eigenvalue weighted by atomic mass is 9.89. The third kappa shape index (κ3) is 2.34. The number of benzene rings is 1. The van der Waals surface area contributed by atoms with Gasteiger partial charge in [-0.15, -0.1) is 0 Å². The zero-order chi connectivity index (χ0) is 14.9. The fraction of sp³-hybridized carbons (Fsp3) is 0.500. The monoisotopic (exact) mass is 285 g/mol. The van der Waals surface area contributed by atoms with Crippen LogP contribution in [0.3, 0.4) is 0 Å². The van der Waals surface area contributed by atoms with E-state index in [1.165, 1.54) is 0 Å². The molecule has 0 radical (unpaired) electrons. The van der Waals surface area contributed by atoms with Gasteiger partial charge in [-0.2, -0.15) is 4.99 Å². The van der Waals surface area contributed by atoms with Crippen LogP contribution in [0, 0.1) is 0 Å². The number of rotatable bonds is 3. The average molecular weight is 285 g/mol. The van der Waals surface area contributed by atoms with Gasteiger partial charge in [0, 0.05) is 20.0 Å². The van der Waals surface area contributed by atoms with Crippen LogP contribution in [-0.2, 0) is 15.1 Å². The summed E-state index contributed by atoms with van der Waals surface area (Å²) in [6.45, 7) is 0.715. The molecule has 1 heterocycles. The molecule has 5 nitrogen and oxygen atoms in total. The first kappa shape index (κ1) is 13.8. The Morgan fingerprint density at radius 2 is 1.86 bits per heavy atom. The zero-order valence-corrected chi connectivity index (χ0v) is 12.2. The Morgan fingerprint density at radius 3 is 2.38 bits per heavy atom. The summed E-state index contributed by atoms with van der Waals surface area (Å²) in [5, 5.41) is 3.63. The number of hydrogen-bond acceptors (Lipinski definition) is 4. The van der Waals surface area contributed by atoms with Crippen molar-refractivity contribution in [3.05, 3.63) is 29.8 Å². The number of anilines is 1. The van der Waals surface area contributed by atoms with E-state index in [1.807, 2.05) is 29.3 Å². The summed E-state index contributed by atoms with van der Waals surface area (Å²) >= 11 is 0. The fourth-order valence-electron chi connectivity index (χ4n) is 3.41. The predicted octanol–water partition coefficient (Wildman–Crippen LogP) is 2.38. The van der Waals surface area contributed by atoms with Crippen LogP contribution in [0.25, 0.3) is 0 Å². The highest BCUT2D eigenvalue weighted by atomic mass is 16.2. The molecule has 1 saturated carbocycles. The molecule has 0 spiro atoms. The minimum absolute atomic E-state index is 0.136. The van der Waals surface area contributed by atoms with Gasteiger partial charge >= 0.3 is 0 Å². The van der Waals surface area contributed by atoms with Gasteiger partial charge in [0.05, 0.1) is 11.2 Å². The van der Waals surface area contributed by atoms with Gasteiger partial charge in [-0.3, -0.25) is 14.8 Å². The quantitative estimate of drug-likeness (QED) is 0.633. The highest BCUT2D eigenvalue weighted by molar-refractivity contribution is 5.81. The molecule has 110 valence electrons. The summed E-state index contributed by atoms with van der Waals surface area (Å²) in [6.07, 6.45) is 6.30. The third-order valence-corrected chi connectivity index (χ3v) is 4.65. The smallest absolute Gasteiger partial charge is 0.242 e. The molecule has 1 aromatic carbocycles. The second-order valence-corrected chi connectivity index (χ2v) is 5.78. The van der Waals surface area contributed by atoms with Crippen molar-refractivity contribution in [2.45, 2.75) is 37.6 Å². The van der Waals surface area contributed by atoms with Gasteiger partial charge in [0.1, 0.15) is 0 Å². The maximum Gasteiger partial charge on any atom is 0.242 e. The summed E-state index contributed by atoms with van der Waals surface area (Å²) in [5.74, 6) is 0.136. The predicted molar refractivity (Wildman–Crippen MR) is 79.4 cm³/mol. The van der Waals surface area contributed by atoms with Crippen molar-refractivity contribution in [1.82, 2.24) is 5.01 Å². The van der Waals surface area contributed by atoms with E-state index in [-0.39, 0.29) is 11.4 Å². The van der Waals surface area contributed by atoms with Gasteiger partial charge in [-0.1, -0.05) is 25.0 Å². The number of hydrazine groups is 1. The Bertz CT molecular complexity index is 584. The summed E-state index contributed by atoms with van der Waals surface area (Å²) in [4.78, 5) is 26.4. The first-order valence-electron chi connectivity index (χ1n) is 7.40. The second kappa shape index (κ2) is 5.34. The van der Waals surface area contributed by atoms with Crippen LogP contribution in [-0.4, -0.2) is 30.6 Å². The Kier molecular flexibility index (Phi) is 3.52. The Balaban J connectivity index is 1.87. The van der Waals surface area contributed by atoms with Crippen LogP contribution >= 0.6 is 0 Å². The molecule has 3 rings (SSSR count). The van der Waals surface area contributed by atoms with Crippen LogP contribution in [0.4, 0.5) is 5.69 Å². The van der Waals surface area contributed by atoms with E-state index in [0.29, 0.717) is 13.0 Å². The zero-order valence-electron chi connectivity index (χ0n) is 12.2. The maximum atomic E-state index is 11.6. The lowest BCUT2D eigenvalue weighted by Crippen LogP contribution is -2.35. The topological polar surface area (TPSA) is 53.0 Å². The summed E-state index contributed by atoms with van der Waals surface area (Å²) < 4.78 is 0. The minimum Gasteiger partial charge on any atom is -0.283 e. The summed E-state index contributed by atoms with van der Waals surface area (Å²) in [7, 11) is 1.79. The van der Waals surface area contributed by atoms with E-state index in [1.54, 1.807) is 18.1 Å². The SMILES string of the molecule is CN1C(=O)CCN1c1ccc(C2(N=C=O)CCCC2)cc1. The van der Waals surface area contributed by atoms with Crippen molar-refractivity contribution in [3.8, 4) is 0 Å². The van der Waals surface area contributed by atoms with Gasteiger partial charge in [0.15, 0.2) is 0 Å². The molecule has 0 N–H and O–H groups in total. The van der Waals surface area contributed by atoms with Crippen molar-refractivity contribution >= 4 is 17.7 Å². The highest BCUT2D eigenvalue weighted by Gasteiger charge is 2.35. The molecule has 2 fully saturated rings. The summed E-state index contributed by atoms with van der Waals surface area (Å²) in [6, 6.07) is 8.06. The van der Waals surface area contributed by atoms with Crippen molar-refractivity contribution in [2.75, 3.05) is 18.6 Å². The van der Waals surface area contributed by atoms with Crippen molar-refractivity contribution < 1.29 is 9.59 Å². The molecule has 1 aliphatic heterocycles. The third-order valence-electron chi connectivity index (χ3n) is 4.65. The van der Waals surface area contributed by atoms with E-state index in [2.05, 4.69) is 4.99 Å². The molecule has 1 aliphatic carbocycles. The van der Waals surface area contributed by atoms with Gasteiger partial charge in [0.2, 0.25) is 12.0 Å². The second-order valence-electron chi connectivity index (χ2n) is 5.78. The van der Waals surface area contributed by atoms with Crippen LogP contribution in [0.5, 0.6) is 0 Å². The first-order valence-corrected chi connectivity index (χ1v) is 7.40. The molecular formula is C16H19N3O2. The molecule has 5 heteroatoms. The number of isocyanates is 1. The molecule has 0 unspecified atom stereocenters. The van der Waals surface area contributed by atoms with E-state index in [9.17, 15) is 9.59 Å². The molecule has 0 atom stereocenters. The molecule has 2 aliphatic rings. The lowest BCUT2D eigenvalue weighted by Gasteiger charge is -2.28. The van der Waals surface area contributed by atoms with Crippen LogP contribution < -0.4 is 5.01 Å². The van der Waals surface area contributed by atoms with Crippen LogP contribution in [0.1, 0.15) is 37.7 Å². The number of nitrogens with zero attached hydrogens (tertiary/aromatic N) is 3. The Hall–Kier alpha value is -2.13. The van der Waals surface area contributed by atoms with Crippen molar-refractivity contribution in [2.24, 2.45) is 4.99 Å². The number of hydrogen-bond donors (Lipinski definition) is 0. The largest absolute Gasteiger partial charge is 0.283 e. The molecule has 1 saturated heterocycles. The standard InChI is InChI=1S/C16H19N3O2/c1-18-15(21)8-11-19(18)14-6-4-13(5-7-14)16(17-12-20)9-2-3-10-16/h4-7H,2-3,8-11H2,1H3. The number of amides is 1. The van der Waals surface area contributed by atoms with E-state index in [0.717, 1.165) is 36.9 Å². The number of carbonyl (C=O) groups is 1. The van der Waals surface area contributed by atoms with Crippen molar-refractivity contribution in [3.63, 3.8) is 0 Å². The fourth-order valence-corrected chi connectivity index (χ4v) is 3.41. The van der Waals surface area contributed by atoms with Gasteiger partial charge < -0.3 is 0 Å². The normalized spacial score (nSPS) is 20.7. The molecule has 0 bridgehead atoms. The van der Waals surface area contributed by atoms with Gasteiger partial charge in [-0.05, 0) is 30.5 Å². The minimum atomic E-state index is -0.382. The van der Waals surface area contributed by atoms with E-state index < -0.39 is 0 Å². The lowest BCUT2D eigenvalue weighted by molar-refractivity contribution is -0.126. The molecule has 1 aromatic rings. The molecule has 1 amide bonds. The van der Waals surface area contributed by atoms with E-state index >= 15 is 0 Å². The average Bonchev–Trinajstić information content (AvgIpc) is 3.09. The Morgan fingerprint density at radius 1 is 1.19 bits per heavy atom. The van der Waals surface area contributed by atoms with Gasteiger partial charge in [-0.25, -0.2) is 4.79 Å². The Labute approximate surface area is 124 Å². The molecule has 21 heavy (non-hydrogen) atoms. The molecular weight excluding hydrogens is 266 g/mol. The van der Waals surface area contributed by atoms with E-state index in [4.69, 9.17) is 0 Å². The first-order chi connectivity index (χ1) is 10.2.